The van der Waals surface area contributed by atoms with Gasteiger partial charge in [0.1, 0.15) is 0 Å². The van der Waals surface area contributed by atoms with Crippen LogP contribution >= 0.6 is 11.3 Å². The highest BCUT2D eigenvalue weighted by molar-refractivity contribution is 7.14. The van der Waals surface area contributed by atoms with Crippen molar-refractivity contribution >= 4 is 22.4 Å². The Morgan fingerprint density at radius 2 is 2.15 bits per heavy atom. The topological polar surface area (TPSA) is 42.0 Å². The van der Waals surface area contributed by atoms with Gasteiger partial charge in [0.2, 0.25) is 5.91 Å². The van der Waals surface area contributed by atoms with Crippen molar-refractivity contribution in [3.8, 4) is 11.3 Å². The lowest BCUT2D eigenvalue weighted by Crippen LogP contribution is -2.14. The molecule has 0 spiro atoms. The molecule has 3 rings (SSSR count). The van der Waals surface area contributed by atoms with Crippen molar-refractivity contribution in [1.29, 1.82) is 0 Å². The van der Waals surface area contributed by atoms with Gasteiger partial charge >= 0.3 is 0 Å². The maximum absolute atomic E-state index is 11.9. The van der Waals surface area contributed by atoms with Crippen LogP contribution < -0.4 is 5.32 Å². The summed E-state index contributed by atoms with van der Waals surface area (Å²) in [6, 6.07) is 6.33. The van der Waals surface area contributed by atoms with Gasteiger partial charge in [-0.3, -0.25) is 4.79 Å². The smallest absolute Gasteiger partial charge is 0.229 e. The Bertz CT molecular complexity index is 662. The molecule has 1 aromatic heterocycles. The van der Waals surface area contributed by atoms with Crippen LogP contribution in [0.3, 0.4) is 0 Å². The number of nitrogens with zero attached hydrogens (tertiary/aromatic N) is 1. The molecule has 1 saturated carbocycles. The number of thiazole rings is 1. The van der Waals surface area contributed by atoms with Crippen molar-refractivity contribution in [3.05, 3.63) is 34.7 Å². The average Bonchev–Trinajstić information content (AvgIpc) is 2.95. The molecule has 3 nitrogen and oxygen atoms in total. The van der Waals surface area contributed by atoms with E-state index >= 15 is 0 Å². The molecule has 1 aromatic carbocycles. The molecule has 2 atom stereocenters. The normalized spacial score (nSPS) is 20.8. The van der Waals surface area contributed by atoms with Gasteiger partial charge in [-0.2, -0.15) is 0 Å². The van der Waals surface area contributed by atoms with Crippen LogP contribution in [0, 0.1) is 25.7 Å². The van der Waals surface area contributed by atoms with Gasteiger partial charge in [-0.05, 0) is 31.7 Å². The monoisotopic (exact) mass is 286 g/mol. The number of hydrogen-bond acceptors (Lipinski definition) is 3. The minimum Gasteiger partial charge on any atom is -0.302 e. The van der Waals surface area contributed by atoms with E-state index in [-0.39, 0.29) is 11.8 Å². The van der Waals surface area contributed by atoms with Crippen LogP contribution in [0.1, 0.15) is 24.5 Å². The Hall–Kier alpha value is -1.68. The molecule has 0 unspecified atom stereocenters. The fourth-order valence-corrected chi connectivity index (χ4v) is 3.15. The molecule has 4 heteroatoms. The zero-order valence-corrected chi connectivity index (χ0v) is 12.8. The number of anilines is 1. The molecule has 1 heterocycles. The fraction of sp³-hybridized carbons (Fsp3) is 0.375. The van der Waals surface area contributed by atoms with E-state index in [0.29, 0.717) is 11.0 Å². The summed E-state index contributed by atoms with van der Waals surface area (Å²) < 4.78 is 0. The van der Waals surface area contributed by atoms with Crippen LogP contribution in [0.15, 0.2) is 23.6 Å². The molecule has 104 valence electrons. The molecule has 1 aliphatic carbocycles. The molecule has 0 aliphatic heterocycles. The molecule has 0 bridgehead atoms. The summed E-state index contributed by atoms with van der Waals surface area (Å²) >= 11 is 1.49. The van der Waals surface area contributed by atoms with E-state index in [2.05, 4.69) is 49.3 Å². The third-order valence-electron chi connectivity index (χ3n) is 3.84. The van der Waals surface area contributed by atoms with E-state index < -0.39 is 0 Å². The van der Waals surface area contributed by atoms with Crippen LogP contribution in [-0.4, -0.2) is 10.9 Å². The van der Waals surface area contributed by atoms with E-state index in [4.69, 9.17) is 0 Å². The van der Waals surface area contributed by atoms with Crippen LogP contribution in [-0.2, 0) is 4.79 Å². The largest absolute Gasteiger partial charge is 0.302 e. The number of hydrogen-bond donors (Lipinski definition) is 1. The van der Waals surface area contributed by atoms with Crippen molar-refractivity contribution < 1.29 is 4.79 Å². The Morgan fingerprint density at radius 3 is 2.80 bits per heavy atom. The number of carbonyl (C=O) groups excluding carboxylic acids is 1. The molecule has 0 radical (unpaired) electrons. The number of carbonyl (C=O) groups is 1. The zero-order chi connectivity index (χ0) is 14.3. The van der Waals surface area contributed by atoms with Gasteiger partial charge in [0.05, 0.1) is 5.69 Å². The van der Waals surface area contributed by atoms with E-state index in [1.54, 1.807) is 0 Å². The summed E-state index contributed by atoms with van der Waals surface area (Å²) in [5, 5.41) is 5.63. The third-order valence-corrected chi connectivity index (χ3v) is 4.60. The van der Waals surface area contributed by atoms with Gasteiger partial charge in [-0.15, -0.1) is 11.3 Å². The van der Waals surface area contributed by atoms with Gasteiger partial charge < -0.3 is 5.32 Å². The second kappa shape index (κ2) is 5.02. The summed E-state index contributed by atoms with van der Waals surface area (Å²) in [6.45, 7) is 6.28. The summed E-state index contributed by atoms with van der Waals surface area (Å²) in [5.74, 6) is 0.816. The zero-order valence-electron chi connectivity index (χ0n) is 11.9. The van der Waals surface area contributed by atoms with Crippen molar-refractivity contribution in [1.82, 2.24) is 4.98 Å². The quantitative estimate of drug-likeness (QED) is 0.926. The number of amides is 1. The van der Waals surface area contributed by atoms with E-state index in [1.165, 1.54) is 22.5 Å². The SMILES string of the molecule is Cc1ccc(-c2csc(NC(=O)[C@@H]3C[C@H]3C)n2)c(C)c1. The molecule has 1 fully saturated rings. The molecule has 1 N–H and O–H groups in total. The molecule has 1 aliphatic rings. The Morgan fingerprint density at radius 1 is 1.40 bits per heavy atom. The molecule has 0 saturated heterocycles. The maximum Gasteiger partial charge on any atom is 0.229 e. The van der Waals surface area contributed by atoms with E-state index in [0.717, 1.165) is 17.7 Å². The maximum atomic E-state index is 11.9. The highest BCUT2D eigenvalue weighted by atomic mass is 32.1. The Balaban J connectivity index is 1.78. The predicted octanol–water partition coefficient (Wildman–Crippen LogP) is 4.02. The van der Waals surface area contributed by atoms with Crippen molar-refractivity contribution in [2.75, 3.05) is 5.32 Å². The Labute approximate surface area is 123 Å². The summed E-state index contributed by atoms with van der Waals surface area (Å²) in [6.07, 6.45) is 1.00. The summed E-state index contributed by atoms with van der Waals surface area (Å²) in [7, 11) is 0. The van der Waals surface area contributed by atoms with Crippen molar-refractivity contribution in [2.24, 2.45) is 11.8 Å². The van der Waals surface area contributed by atoms with Gasteiger partial charge in [-0.25, -0.2) is 4.98 Å². The van der Waals surface area contributed by atoms with E-state index in [1.807, 2.05) is 5.38 Å². The molecule has 1 amide bonds. The lowest BCUT2D eigenvalue weighted by molar-refractivity contribution is -0.117. The number of aryl methyl sites for hydroxylation is 2. The van der Waals surface area contributed by atoms with Crippen LogP contribution in [0.25, 0.3) is 11.3 Å². The highest BCUT2D eigenvalue weighted by Gasteiger charge is 2.39. The average molecular weight is 286 g/mol. The number of rotatable bonds is 3. The second-order valence-electron chi connectivity index (χ2n) is 5.67. The van der Waals surface area contributed by atoms with Crippen molar-refractivity contribution in [2.45, 2.75) is 27.2 Å². The fourth-order valence-electron chi connectivity index (χ4n) is 2.44. The van der Waals surface area contributed by atoms with Gasteiger partial charge in [0, 0.05) is 16.9 Å². The highest BCUT2D eigenvalue weighted by Crippen LogP contribution is 2.39. The summed E-state index contributed by atoms with van der Waals surface area (Å²) in [4.78, 5) is 16.4. The van der Waals surface area contributed by atoms with Gasteiger partial charge in [-0.1, -0.05) is 30.7 Å². The molecule has 2 aromatic rings. The number of aromatic nitrogens is 1. The third kappa shape index (κ3) is 2.61. The number of nitrogens with one attached hydrogen (secondary N) is 1. The van der Waals surface area contributed by atoms with Gasteiger partial charge in [0.15, 0.2) is 5.13 Å². The summed E-state index contributed by atoms with van der Waals surface area (Å²) in [5.41, 5.74) is 4.53. The minimum atomic E-state index is 0.110. The minimum absolute atomic E-state index is 0.110. The number of benzene rings is 1. The molecular formula is C16H18N2OS. The first-order chi connectivity index (χ1) is 9.54. The van der Waals surface area contributed by atoms with Gasteiger partial charge in [0.25, 0.3) is 0 Å². The Kier molecular flexibility index (Phi) is 3.34. The standard InChI is InChI=1S/C16H18N2OS/c1-9-4-5-12(10(2)6-9)14-8-20-16(17-14)18-15(19)13-7-11(13)3/h4-6,8,11,13H,7H2,1-3H3,(H,17,18,19)/t11-,13-/m1/s1. The second-order valence-corrected chi connectivity index (χ2v) is 6.52. The molecule has 20 heavy (non-hydrogen) atoms. The lowest BCUT2D eigenvalue weighted by atomic mass is 10.0. The van der Waals surface area contributed by atoms with Crippen LogP contribution in [0.4, 0.5) is 5.13 Å². The van der Waals surface area contributed by atoms with Crippen molar-refractivity contribution in [3.63, 3.8) is 0 Å². The first-order valence-corrected chi connectivity index (χ1v) is 7.76. The lowest BCUT2D eigenvalue weighted by Gasteiger charge is -2.03. The van der Waals surface area contributed by atoms with Crippen LogP contribution in [0.5, 0.6) is 0 Å². The first kappa shape index (κ1) is 13.3. The first-order valence-electron chi connectivity index (χ1n) is 6.88. The van der Waals surface area contributed by atoms with E-state index in [9.17, 15) is 4.79 Å². The molecular weight excluding hydrogens is 268 g/mol. The van der Waals surface area contributed by atoms with Crippen LogP contribution in [0.2, 0.25) is 0 Å². The predicted molar refractivity (Wildman–Crippen MR) is 82.9 cm³/mol.